The Bertz CT molecular complexity index is 371. The van der Waals surface area contributed by atoms with Gasteiger partial charge in [-0.15, -0.1) is 0 Å². The summed E-state index contributed by atoms with van der Waals surface area (Å²) in [6, 6.07) is 6.14. The lowest BCUT2D eigenvalue weighted by Crippen LogP contribution is -2.19. The lowest BCUT2D eigenvalue weighted by molar-refractivity contribution is 0.172. The minimum absolute atomic E-state index is 0.259. The van der Waals surface area contributed by atoms with Gasteiger partial charge < -0.3 is 14.8 Å². The molecule has 0 amide bonds. The average molecular weight is 286 g/mol. The van der Waals surface area contributed by atoms with E-state index in [1.54, 1.807) is 7.11 Å². The molecule has 1 unspecified atom stereocenters. The normalized spacial score (nSPS) is 12.4. The van der Waals surface area contributed by atoms with Crippen LogP contribution in [-0.2, 0) is 4.74 Å². The van der Waals surface area contributed by atoms with Crippen molar-refractivity contribution in [3.63, 3.8) is 0 Å². The summed E-state index contributed by atoms with van der Waals surface area (Å²) in [4.78, 5) is 0. The first kappa shape index (κ1) is 16.3. The largest absolute Gasteiger partial charge is 0.493 e. The van der Waals surface area contributed by atoms with Crippen LogP contribution in [0.2, 0.25) is 5.02 Å². The maximum absolute atomic E-state index is 6.30. The number of ether oxygens (including phenoxy) is 2. The third-order valence-electron chi connectivity index (χ3n) is 2.90. The van der Waals surface area contributed by atoms with E-state index in [0.29, 0.717) is 13.2 Å². The Labute approximate surface area is 121 Å². The van der Waals surface area contributed by atoms with E-state index in [1.165, 1.54) is 0 Å². The molecule has 0 radical (unpaired) electrons. The summed E-state index contributed by atoms with van der Waals surface area (Å²) >= 11 is 6.30. The smallest absolute Gasteiger partial charge is 0.120 e. The van der Waals surface area contributed by atoms with Crippen molar-refractivity contribution in [2.24, 2.45) is 0 Å². The van der Waals surface area contributed by atoms with Crippen LogP contribution in [0.25, 0.3) is 0 Å². The van der Waals surface area contributed by atoms with E-state index in [1.807, 2.05) is 18.2 Å². The van der Waals surface area contributed by atoms with E-state index in [0.717, 1.165) is 35.7 Å². The highest BCUT2D eigenvalue weighted by atomic mass is 35.5. The summed E-state index contributed by atoms with van der Waals surface area (Å²) < 4.78 is 10.6. The third kappa shape index (κ3) is 5.81. The molecular weight excluding hydrogens is 262 g/mol. The standard InChI is InChI=1S/C15H24ClNO2/c1-4-8-17-12(2)14-7-6-13(11-15(14)16)19-10-5-9-18-3/h6-7,11-12,17H,4-5,8-10H2,1-3H3. The van der Waals surface area contributed by atoms with Crippen LogP contribution in [0.1, 0.15) is 38.3 Å². The number of hydrogen-bond acceptors (Lipinski definition) is 3. The summed E-state index contributed by atoms with van der Waals surface area (Å²) in [6.07, 6.45) is 1.99. The molecule has 19 heavy (non-hydrogen) atoms. The Kier molecular flexibility index (Phi) is 7.87. The van der Waals surface area contributed by atoms with Gasteiger partial charge in [0.05, 0.1) is 6.61 Å². The van der Waals surface area contributed by atoms with Crippen LogP contribution in [0, 0.1) is 0 Å². The topological polar surface area (TPSA) is 30.5 Å². The molecule has 0 saturated carbocycles. The molecule has 1 aromatic carbocycles. The van der Waals surface area contributed by atoms with Crippen molar-refractivity contribution >= 4 is 11.6 Å². The monoisotopic (exact) mass is 285 g/mol. The second-order valence-electron chi connectivity index (χ2n) is 4.55. The van der Waals surface area contributed by atoms with E-state index in [-0.39, 0.29) is 6.04 Å². The molecule has 0 aliphatic rings. The van der Waals surface area contributed by atoms with Crippen molar-refractivity contribution in [2.45, 2.75) is 32.7 Å². The summed E-state index contributed by atoms with van der Waals surface area (Å²) in [6.45, 7) is 6.62. The predicted octanol–water partition coefficient (Wildman–Crippen LogP) is 3.82. The Morgan fingerprint density at radius 3 is 2.74 bits per heavy atom. The summed E-state index contributed by atoms with van der Waals surface area (Å²) in [7, 11) is 1.69. The number of nitrogens with one attached hydrogen (secondary N) is 1. The van der Waals surface area contributed by atoms with Crippen molar-refractivity contribution in [1.82, 2.24) is 5.32 Å². The zero-order valence-corrected chi connectivity index (χ0v) is 12.8. The minimum Gasteiger partial charge on any atom is -0.493 e. The molecule has 108 valence electrons. The maximum atomic E-state index is 6.30. The molecular formula is C15H24ClNO2. The quantitative estimate of drug-likeness (QED) is 0.700. The van der Waals surface area contributed by atoms with Crippen LogP contribution in [0.4, 0.5) is 0 Å². The Hall–Kier alpha value is -0.770. The van der Waals surface area contributed by atoms with Crippen LogP contribution in [0.15, 0.2) is 18.2 Å². The van der Waals surface area contributed by atoms with E-state index >= 15 is 0 Å². The highest BCUT2D eigenvalue weighted by Crippen LogP contribution is 2.27. The summed E-state index contributed by atoms with van der Waals surface area (Å²) in [5, 5.41) is 4.18. The van der Waals surface area contributed by atoms with Crippen molar-refractivity contribution in [3.05, 3.63) is 28.8 Å². The number of halogens is 1. The average Bonchev–Trinajstić information content (AvgIpc) is 2.41. The van der Waals surface area contributed by atoms with Crippen LogP contribution in [0.3, 0.4) is 0 Å². The molecule has 3 nitrogen and oxygen atoms in total. The molecule has 1 N–H and O–H groups in total. The molecule has 0 aliphatic heterocycles. The van der Waals surface area contributed by atoms with Gasteiger partial charge in [-0.2, -0.15) is 0 Å². The van der Waals surface area contributed by atoms with Crippen LogP contribution < -0.4 is 10.1 Å². The SMILES string of the molecule is CCCNC(C)c1ccc(OCCCOC)cc1Cl. The fourth-order valence-electron chi connectivity index (χ4n) is 1.81. The Balaban J connectivity index is 2.53. The Morgan fingerprint density at radius 2 is 2.11 bits per heavy atom. The zero-order chi connectivity index (χ0) is 14.1. The molecule has 0 bridgehead atoms. The summed E-state index contributed by atoms with van der Waals surface area (Å²) in [5.74, 6) is 0.813. The maximum Gasteiger partial charge on any atom is 0.120 e. The van der Waals surface area contributed by atoms with Gasteiger partial charge in [-0.3, -0.25) is 0 Å². The molecule has 1 aromatic rings. The van der Waals surface area contributed by atoms with E-state index in [4.69, 9.17) is 21.1 Å². The molecule has 0 aromatic heterocycles. The van der Waals surface area contributed by atoms with Gasteiger partial charge in [0.1, 0.15) is 5.75 Å². The van der Waals surface area contributed by atoms with E-state index in [9.17, 15) is 0 Å². The highest BCUT2D eigenvalue weighted by Gasteiger charge is 2.09. The molecule has 0 heterocycles. The lowest BCUT2D eigenvalue weighted by Gasteiger charge is -2.16. The number of benzene rings is 1. The van der Waals surface area contributed by atoms with Gasteiger partial charge in [0, 0.05) is 31.2 Å². The number of rotatable bonds is 9. The van der Waals surface area contributed by atoms with E-state index < -0.39 is 0 Å². The fraction of sp³-hybridized carbons (Fsp3) is 0.600. The van der Waals surface area contributed by atoms with Gasteiger partial charge in [0.15, 0.2) is 0 Å². The lowest BCUT2D eigenvalue weighted by atomic mass is 10.1. The van der Waals surface area contributed by atoms with Crippen LogP contribution in [-0.4, -0.2) is 26.9 Å². The van der Waals surface area contributed by atoms with Gasteiger partial charge in [-0.25, -0.2) is 0 Å². The molecule has 0 fully saturated rings. The zero-order valence-electron chi connectivity index (χ0n) is 12.0. The van der Waals surface area contributed by atoms with Gasteiger partial charge in [-0.05, 0) is 37.6 Å². The molecule has 0 aliphatic carbocycles. The second kappa shape index (κ2) is 9.18. The number of methoxy groups -OCH3 is 1. The number of hydrogen-bond donors (Lipinski definition) is 1. The second-order valence-corrected chi connectivity index (χ2v) is 4.96. The molecule has 4 heteroatoms. The Morgan fingerprint density at radius 1 is 1.32 bits per heavy atom. The first-order valence-corrected chi connectivity index (χ1v) is 7.21. The predicted molar refractivity (Wildman–Crippen MR) is 80.1 cm³/mol. The first-order valence-electron chi connectivity index (χ1n) is 6.83. The van der Waals surface area contributed by atoms with Crippen molar-refractivity contribution < 1.29 is 9.47 Å². The highest BCUT2D eigenvalue weighted by molar-refractivity contribution is 6.31. The molecule has 1 atom stereocenters. The molecule has 1 rings (SSSR count). The van der Waals surface area contributed by atoms with Gasteiger partial charge in [0.25, 0.3) is 0 Å². The minimum atomic E-state index is 0.259. The third-order valence-corrected chi connectivity index (χ3v) is 3.23. The summed E-state index contributed by atoms with van der Waals surface area (Å²) in [5.41, 5.74) is 1.11. The van der Waals surface area contributed by atoms with Crippen molar-refractivity contribution in [1.29, 1.82) is 0 Å². The van der Waals surface area contributed by atoms with Gasteiger partial charge >= 0.3 is 0 Å². The van der Waals surface area contributed by atoms with Crippen molar-refractivity contribution in [2.75, 3.05) is 26.9 Å². The molecule has 0 saturated heterocycles. The van der Waals surface area contributed by atoms with Crippen LogP contribution >= 0.6 is 11.6 Å². The van der Waals surface area contributed by atoms with Gasteiger partial charge in [0.2, 0.25) is 0 Å². The molecule has 0 spiro atoms. The first-order chi connectivity index (χ1) is 9.19. The van der Waals surface area contributed by atoms with Crippen molar-refractivity contribution in [3.8, 4) is 5.75 Å². The van der Waals surface area contributed by atoms with Crippen LogP contribution in [0.5, 0.6) is 5.75 Å². The van der Waals surface area contributed by atoms with Gasteiger partial charge in [-0.1, -0.05) is 24.6 Å². The fourth-order valence-corrected chi connectivity index (χ4v) is 2.15. The van der Waals surface area contributed by atoms with E-state index in [2.05, 4.69) is 19.2 Å².